The van der Waals surface area contributed by atoms with Gasteiger partial charge in [-0.25, -0.2) is 0 Å². The molecule has 0 saturated heterocycles. The van der Waals surface area contributed by atoms with Crippen LogP contribution in [0.3, 0.4) is 0 Å². The highest BCUT2D eigenvalue weighted by Crippen LogP contribution is 2.33. The molecule has 0 atom stereocenters. The molecular weight excluding hydrogens is 400 g/mol. The second kappa shape index (κ2) is 10.1. The van der Waals surface area contributed by atoms with Gasteiger partial charge in [-0.05, 0) is 55.9 Å². The number of hydrogen-bond acceptors (Lipinski definition) is 5. The van der Waals surface area contributed by atoms with E-state index >= 15 is 0 Å². The number of aromatic nitrogens is 3. The summed E-state index contributed by atoms with van der Waals surface area (Å²) in [6.45, 7) is 2.31. The minimum Gasteiger partial charge on any atom is -0.353 e. The number of carbonyl (C=O) groups excluding carboxylic acids is 1. The predicted molar refractivity (Wildman–Crippen MR) is 120 cm³/mol. The number of thioether (sulfide) groups is 1. The molecule has 2 saturated carbocycles. The van der Waals surface area contributed by atoms with Crippen LogP contribution in [0.5, 0.6) is 0 Å². The maximum absolute atomic E-state index is 12.5. The van der Waals surface area contributed by atoms with Crippen LogP contribution in [0.1, 0.15) is 81.5 Å². The van der Waals surface area contributed by atoms with Gasteiger partial charge in [0.15, 0.2) is 5.16 Å². The lowest BCUT2D eigenvalue weighted by atomic mass is 9.87. The van der Waals surface area contributed by atoms with E-state index in [1.807, 2.05) is 0 Å². The Labute approximate surface area is 182 Å². The minimum absolute atomic E-state index is 0.132. The SMILES string of the molecule is CC1CCC(NC(=O)CSc2nnc(Cc3cccs3)n2C2CCCCC2)CC1. The van der Waals surface area contributed by atoms with E-state index in [0.717, 1.165) is 36.2 Å². The first-order valence-corrected chi connectivity index (χ1v) is 12.9. The second-order valence-electron chi connectivity index (χ2n) is 8.63. The normalized spacial score (nSPS) is 23.2. The Balaban J connectivity index is 1.40. The molecule has 1 N–H and O–H groups in total. The molecule has 2 aliphatic rings. The lowest BCUT2D eigenvalue weighted by Gasteiger charge is -2.27. The fourth-order valence-electron chi connectivity index (χ4n) is 4.61. The van der Waals surface area contributed by atoms with E-state index in [4.69, 9.17) is 0 Å². The molecule has 0 aromatic carbocycles. The highest BCUT2D eigenvalue weighted by molar-refractivity contribution is 7.99. The average molecular weight is 433 g/mol. The van der Waals surface area contributed by atoms with Gasteiger partial charge in [0.25, 0.3) is 0 Å². The lowest BCUT2D eigenvalue weighted by Crippen LogP contribution is -2.38. The molecule has 0 unspecified atom stereocenters. The molecule has 2 fully saturated rings. The van der Waals surface area contributed by atoms with Crippen molar-refractivity contribution in [2.75, 3.05) is 5.75 Å². The average Bonchev–Trinajstić information content (AvgIpc) is 3.39. The molecule has 158 valence electrons. The Hall–Kier alpha value is -1.34. The van der Waals surface area contributed by atoms with E-state index in [9.17, 15) is 4.79 Å². The van der Waals surface area contributed by atoms with E-state index in [2.05, 4.69) is 44.5 Å². The molecule has 0 spiro atoms. The summed E-state index contributed by atoms with van der Waals surface area (Å²) in [5, 5.41) is 15.3. The molecule has 4 rings (SSSR count). The van der Waals surface area contributed by atoms with Crippen molar-refractivity contribution in [3.8, 4) is 0 Å². The van der Waals surface area contributed by atoms with Crippen LogP contribution in [-0.4, -0.2) is 32.5 Å². The lowest BCUT2D eigenvalue weighted by molar-refractivity contribution is -0.119. The van der Waals surface area contributed by atoms with E-state index < -0.39 is 0 Å². The monoisotopic (exact) mass is 432 g/mol. The van der Waals surface area contributed by atoms with E-state index in [1.165, 1.54) is 49.8 Å². The maximum Gasteiger partial charge on any atom is 0.230 e. The van der Waals surface area contributed by atoms with E-state index in [1.54, 1.807) is 23.1 Å². The zero-order chi connectivity index (χ0) is 20.1. The van der Waals surface area contributed by atoms with Crippen molar-refractivity contribution < 1.29 is 4.79 Å². The first kappa shape index (κ1) is 20.9. The van der Waals surface area contributed by atoms with Gasteiger partial charge >= 0.3 is 0 Å². The van der Waals surface area contributed by atoms with E-state index in [0.29, 0.717) is 17.8 Å². The first-order valence-electron chi connectivity index (χ1n) is 11.1. The molecule has 29 heavy (non-hydrogen) atoms. The third-order valence-electron chi connectivity index (χ3n) is 6.30. The highest BCUT2D eigenvalue weighted by Gasteiger charge is 2.24. The number of nitrogens with one attached hydrogen (secondary N) is 1. The molecule has 0 aliphatic heterocycles. The third kappa shape index (κ3) is 5.63. The maximum atomic E-state index is 12.5. The van der Waals surface area contributed by atoms with Crippen LogP contribution in [0.15, 0.2) is 22.7 Å². The third-order valence-corrected chi connectivity index (χ3v) is 8.12. The number of carbonyl (C=O) groups is 1. The molecule has 2 heterocycles. The van der Waals surface area contributed by atoms with Crippen LogP contribution in [0.25, 0.3) is 0 Å². The van der Waals surface area contributed by atoms with Gasteiger partial charge in [-0.2, -0.15) is 0 Å². The van der Waals surface area contributed by atoms with Crippen molar-refractivity contribution in [1.82, 2.24) is 20.1 Å². The van der Waals surface area contributed by atoms with Crippen LogP contribution < -0.4 is 5.32 Å². The van der Waals surface area contributed by atoms with Crippen molar-refractivity contribution in [3.63, 3.8) is 0 Å². The summed E-state index contributed by atoms with van der Waals surface area (Å²) in [4.78, 5) is 13.8. The van der Waals surface area contributed by atoms with E-state index in [-0.39, 0.29) is 5.91 Å². The largest absolute Gasteiger partial charge is 0.353 e. The van der Waals surface area contributed by atoms with Gasteiger partial charge in [0.1, 0.15) is 5.82 Å². The Morgan fingerprint density at radius 2 is 1.97 bits per heavy atom. The smallest absolute Gasteiger partial charge is 0.230 e. The van der Waals surface area contributed by atoms with Crippen molar-refractivity contribution >= 4 is 29.0 Å². The predicted octanol–water partition coefficient (Wildman–Crippen LogP) is 5.22. The van der Waals surface area contributed by atoms with Crippen LogP contribution >= 0.6 is 23.1 Å². The highest BCUT2D eigenvalue weighted by atomic mass is 32.2. The number of rotatable bonds is 7. The van der Waals surface area contributed by atoms with Gasteiger partial charge in [0, 0.05) is 23.4 Å². The van der Waals surface area contributed by atoms with Gasteiger partial charge < -0.3 is 9.88 Å². The Morgan fingerprint density at radius 3 is 2.69 bits per heavy atom. The number of hydrogen-bond donors (Lipinski definition) is 1. The van der Waals surface area contributed by atoms with Crippen LogP contribution in [0.2, 0.25) is 0 Å². The second-order valence-corrected chi connectivity index (χ2v) is 10.6. The topological polar surface area (TPSA) is 59.8 Å². The van der Waals surface area contributed by atoms with Gasteiger partial charge in [0.2, 0.25) is 5.91 Å². The summed E-state index contributed by atoms with van der Waals surface area (Å²) in [5.41, 5.74) is 0. The van der Waals surface area contributed by atoms with Gasteiger partial charge in [0.05, 0.1) is 5.75 Å². The van der Waals surface area contributed by atoms with Gasteiger partial charge in [-0.3, -0.25) is 4.79 Å². The summed E-state index contributed by atoms with van der Waals surface area (Å²) in [6, 6.07) is 5.08. The fourth-order valence-corrected chi connectivity index (χ4v) is 6.14. The van der Waals surface area contributed by atoms with Gasteiger partial charge in [-0.15, -0.1) is 21.5 Å². The van der Waals surface area contributed by atoms with Crippen LogP contribution in [0.4, 0.5) is 0 Å². The number of nitrogens with zero attached hydrogens (tertiary/aromatic N) is 3. The van der Waals surface area contributed by atoms with Crippen molar-refractivity contribution in [2.24, 2.45) is 5.92 Å². The summed E-state index contributed by atoms with van der Waals surface area (Å²) < 4.78 is 2.35. The molecule has 2 aromatic heterocycles. The van der Waals surface area contributed by atoms with Crippen LogP contribution in [-0.2, 0) is 11.2 Å². The standard InChI is InChI=1S/C22H32N4OS2/c1-16-9-11-17(12-10-16)23-21(27)15-29-22-25-24-20(14-19-8-5-13-28-19)26(22)18-6-3-2-4-7-18/h5,8,13,16-18H,2-4,6-7,9-12,14-15H2,1H3,(H,23,27). The molecule has 0 bridgehead atoms. The minimum atomic E-state index is 0.132. The summed E-state index contributed by atoms with van der Waals surface area (Å²) in [7, 11) is 0. The zero-order valence-electron chi connectivity index (χ0n) is 17.3. The summed E-state index contributed by atoms with van der Waals surface area (Å²) in [6.07, 6.45) is 11.7. The molecular formula is C22H32N4OS2. The van der Waals surface area contributed by atoms with Gasteiger partial charge in [-0.1, -0.05) is 44.0 Å². The Kier molecular flexibility index (Phi) is 7.29. The van der Waals surface area contributed by atoms with Crippen LogP contribution in [0, 0.1) is 5.92 Å². The number of thiophene rings is 1. The molecule has 1 amide bonds. The number of amides is 1. The summed E-state index contributed by atoms with van der Waals surface area (Å²) in [5.74, 6) is 2.40. The quantitative estimate of drug-likeness (QED) is 0.609. The van der Waals surface area contributed by atoms with Crippen molar-refractivity contribution in [1.29, 1.82) is 0 Å². The summed E-state index contributed by atoms with van der Waals surface area (Å²) >= 11 is 3.32. The Bertz CT molecular complexity index is 775. The molecule has 2 aromatic rings. The van der Waals surface area contributed by atoms with Crippen molar-refractivity contribution in [3.05, 3.63) is 28.2 Å². The first-order chi connectivity index (χ1) is 14.2. The fraction of sp³-hybridized carbons (Fsp3) is 0.682. The molecule has 0 radical (unpaired) electrons. The Morgan fingerprint density at radius 1 is 1.17 bits per heavy atom. The molecule has 5 nitrogen and oxygen atoms in total. The zero-order valence-corrected chi connectivity index (χ0v) is 18.9. The molecule has 2 aliphatic carbocycles. The molecule has 7 heteroatoms. The van der Waals surface area contributed by atoms with Crippen molar-refractivity contribution in [2.45, 2.75) is 88.4 Å².